The zero-order chi connectivity index (χ0) is 74.6. The molecule has 6 rings (SSSR count). The van der Waals surface area contributed by atoms with E-state index in [1.165, 1.54) is 19.6 Å². The standard InChI is InChI=1S/C33H53BN2O8.C26H47BN2O8.C11H22BNO4/c1-29(2,3)41-27(38)35(11)25-21-33(36(22-25)28(39)42-30(4,5)6,26(37)40-23-24-17-13-12-14-18-24)19-15-16-20-34-43-31(7,8)32(9,10)44-34;1-22(2,3)34-20(32)28(11)18-16-26(19(30)31,29(17-18)21(33)35-23(4,5)6)14-12-13-15-27-36-24(7,8)25(9,10)37-27;1-13-9-4-6-11(8-9,10(14)15)5-2-3-7-12(16)17/h12-14,17-18,25H,15-16,19-23H2,1-11H3;18H,12-17H2,1-11H3,(H,30,31);9,13,16-17H,2-8H2,1H3,(H,14,15)/t25-,33+;18-,26-;9-,11+/m110/s1. The predicted octanol–water partition coefficient (Wildman–Crippen LogP) is 12.0. The topological polar surface area (TPSA) is 308 Å². The fraction of sp³-hybridized carbons (Fsp3) is 0.814. The first kappa shape index (κ1) is 85.0. The molecule has 1 aromatic rings. The van der Waals surface area contributed by atoms with Crippen LogP contribution in [0, 0.1) is 5.41 Å². The molecule has 1 aliphatic carbocycles. The Balaban J connectivity index is 0.000000340. The zero-order valence-corrected chi connectivity index (χ0v) is 63.6. The molecule has 5 N–H and O–H groups in total. The molecule has 98 heavy (non-hydrogen) atoms. The van der Waals surface area contributed by atoms with Crippen molar-refractivity contribution in [3.8, 4) is 0 Å². The van der Waals surface area contributed by atoms with Crippen molar-refractivity contribution in [2.45, 2.75) is 328 Å². The molecule has 556 valence electrons. The molecule has 25 nitrogen and oxygen atoms in total. The van der Waals surface area contributed by atoms with Crippen molar-refractivity contribution < 1.29 is 96.1 Å². The molecule has 4 heterocycles. The molecule has 4 aliphatic heterocycles. The lowest BCUT2D eigenvalue weighted by Gasteiger charge is -2.37. The van der Waals surface area contributed by atoms with E-state index in [9.17, 15) is 43.8 Å². The van der Waals surface area contributed by atoms with Gasteiger partial charge in [0.05, 0.1) is 39.9 Å². The number of esters is 1. The van der Waals surface area contributed by atoms with E-state index in [1.54, 1.807) is 97.2 Å². The van der Waals surface area contributed by atoms with Gasteiger partial charge in [-0.3, -0.25) is 14.6 Å². The SMILES string of the molecule is CN(C(=O)OC(C)(C)C)[C@H]1CN(C(=O)OC(C)(C)C)[C@@](CCCCB2OC(C)(C)C(C)(C)O2)(C(=O)O)C1.CN(C(=O)OC(C)(C)C)[C@H]1CN(C(=O)OC(C)(C)C)[C@](CCCCB2OC(C)(C)C(C)(C)O2)(C(=O)OCc2ccccc2)C1.CN[C@H]1CC[C@@](CCCCB(O)O)(C(=O)O)C1. The molecule has 1 aromatic carbocycles. The highest BCUT2D eigenvalue weighted by atomic mass is 16.7. The maximum Gasteiger partial charge on any atom is 0.457 e. The van der Waals surface area contributed by atoms with Gasteiger partial charge in [0, 0.05) is 46.1 Å². The highest BCUT2D eigenvalue weighted by molar-refractivity contribution is 6.45. The second kappa shape index (κ2) is 33.6. The van der Waals surface area contributed by atoms with E-state index in [2.05, 4.69) is 5.32 Å². The van der Waals surface area contributed by atoms with Gasteiger partial charge in [0.25, 0.3) is 0 Å². The number of hydrogen-bond acceptors (Lipinski definition) is 19. The summed E-state index contributed by atoms with van der Waals surface area (Å²) in [5.74, 6) is -2.35. The number of carboxylic acid groups (broad SMARTS) is 2. The first-order valence-electron chi connectivity index (χ1n) is 35.1. The van der Waals surface area contributed by atoms with E-state index in [0.717, 1.165) is 24.8 Å². The predicted molar refractivity (Wildman–Crippen MR) is 375 cm³/mol. The van der Waals surface area contributed by atoms with Crippen molar-refractivity contribution >= 4 is 63.6 Å². The monoisotopic (exact) mass is 1390 g/mol. The number of unbranched alkanes of at least 4 members (excludes halogenated alkanes) is 3. The van der Waals surface area contributed by atoms with Gasteiger partial charge in [0.1, 0.15) is 40.1 Å². The van der Waals surface area contributed by atoms with Gasteiger partial charge >= 0.3 is 63.6 Å². The van der Waals surface area contributed by atoms with Gasteiger partial charge in [-0.05, 0) is 209 Å². The van der Waals surface area contributed by atoms with Gasteiger partial charge in [-0.1, -0.05) is 68.9 Å². The number of carboxylic acids is 2. The molecule has 0 bridgehead atoms. The Kier molecular flexibility index (Phi) is 29.2. The smallest absolute Gasteiger partial charge is 0.457 e. The first-order chi connectivity index (χ1) is 44.8. The maximum atomic E-state index is 14.2. The Morgan fingerprint density at radius 3 is 1.32 bits per heavy atom. The summed E-state index contributed by atoms with van der Waals surface area (Å²) in [6.45, 7) is 37.5. The maximum absolute atomic E-state index is 14.2. The number of carbonyl (C=O) groups is 7. The fourth-order valence-corrected chi connectivity index (χ4v) is 12.8. The van der Waals surface area contributed by atoms with Crippen LogP contribution in [0.2, 0.25) is 19.0 Å². The minimum atomic E-state index is -1.51. The van der Waals surface area contributed by atoms with Gasteiger partial charge in [-0.25, -0.2) is 28.8 Å². The Morgan fingerprint density at radius 1 is 0.561 bits per heavy atom. The Hall–Kier alpha value is -5.38. The zero-order valence-electron chi connectivity index (χ0n) is 63.6. The van der Waals surface area contributed by atoms with Crippen LogP contribution in [0.25, 0.3) is 0 Å². The van der Waals surface area contributed by atoms with E-state index in [4.69, 9.17) is 52.3 Å². The van der Waals surface area contributed by atoms with Crippen LogP contribution in [-0.4, -0.2) is 212 Å². The largest absolute Gasteiger partial charge is 0.481 e. The van der Waals surface area contributed by atoms with Crippen LogP contribution in [0.4, 0.5) is 19.2 Å². The van der Waals surface area contributed by atoms with E-state index < -0.39 is 123 Å². The summed E-state index contributed by atoms with van der Waals surface area (Å²) in [5, 5.41) is 40.4. The third-order valence-electron chi connectivity index (χ3n) is 19.6. The number of benzene rings is 1. The molecule has 0 aromatic heterocycles. The summed E-state index contributed by atoms with van der Waals surface area (Å²) in [5.41, 5.74) is -7.35. The molecule has 4 saturated heterocycles. The second-order valence-corrected chi connectivity index (χ2v) is 33.4. The lowest BCUT2D eigenvalue weighted by Crippen LogP contribution is -2.55. The van der Waals surface area contributed by atoms with E-state index >= 15 is 0 Å². The summed E-state index contributed by atoms with van der Waals surface area (Å²) in [6.07, 6.45) is 6.73. The summed E-state index contributed by atoms with van der Waals surface area (Å²) in [6, 6.07) is 8.67. The summed E-state index contributed by atoms with van der Waals surface area (Å²) >= 11 is 0. The van der Waals surface area contributed by atoms with Crippen molar-refractivity contribution in [3.05, 3.63) is 35.9 Å². The number of hydrogen-bond donors (Lipinski definition) is 5. The van der Waals surface area contributed by atoms with E-state index in [1.807, 2.05) is 92.8 Å². The van der Waals surface area contributed by atoms with Crippen molar-refractivity contribution in [2.75, 3.05) is 34.2 Å². The lowest BCUT2D eigenvalue weighted by molar-refractivity contribution is -0.158. The molecule has 0 unspecified atom stereocenters. The number of nitrogens with zero attached hydrogens (tertiary/aromatic N) is 4. The number of ether oxygens (including phenoxy) is 5. The Bertz CT molecular complexity index is 2790. The van der Waals surface area contributed by atoms with Crippen LogP contribution < -0.4 is 5.32 Å². The molecule has 4 amide bonds. The average Bonchev–Trinajstić information content (AvgIpc) is 1.60. The van der Waals surface area contributed by atoms with Crippen LogP contribution in [0.15, 0.2) is 30.3 Å². The second-order valence-electron chi connectivity index (χ2n) is 33.4. The summed E-state index contributed by atoms with van der Waals surface area (Å²) < 4.78 is 52.8. The minimum Gasteiger partial charge on any atom is -0.481 e. The molecular formula is C70H122B3N5O20. The van der Waals surface area contributed by atoms with Crippen LogP contribution >= 0.6 is 0 Å². The quantitative estimate of drug-likeness (QED) is 0.0294. The van der Waals surface area contributed by atoms with Crippen molar-refractivity contribution in [1.82, 2.24) is 24.9 Å². The van der Waals surface area contributed by atoms with Crippen molar-refractivity contribution in [1.29, 1.82) is 0 Å². The minimum absolute atomic E-state index is 0.0359. The van der Waals surface area contributed by atoms with E-state index in [0.29, 0.717) is 76.4 Å². The molecular weight excluding hydrogens is 1260 g/mol. The summed E-state index contributed by atoms with van der Waals surface area (Å²) in [4.78, 5) is 96.6. The number of carbonyl (C=O) groups excluding carboxylic acids is 5. The number of aliphatic carboxylic acids is 2. The Morgan fingerprint density at radius 2 is 0.949 bits per heavy atom. The molecule has 5 fully saturated rings. The molecule has 6 atom stereocenters. The number of nitrogens with one attached hydrogen (secondary N) is 1. The third kappa shape index (κ3) is 23.9. The van der Waals surface area contributed by atoms with Crippen LogP contribution in [0.3, 0.4) is 0 Å². The van der Waals surface area contributed by atoms with Gasteiger partial charge in [0.15, 0.2) is 0 Å². The highest BCUT2D eigenvalue weighted by Crippen LogP contribution is 2.45. The number of rotatable bonds is 23. The highest BCUT2D eigenvalue weighted by Gasteiger charge is 2.59. The van der Waals surface area contributed by atoms with Gasteiger partial charge in [0.2, 0.25) is 0 Å². The first-order valence-corrected chi connectivity index (χ1v) is 35.1. The average molecular weight is 1390 g/mol. The normalized spacial score (nSPS) is 24.7. The van der Waals surface area contributed by atoms with Crippen molar-refractivity contribution in [2.24, 2.45) is 5.41 Å². The number of likely N-dealkylation sites (tertiary alicyclic amines) is 2. The third-order valence-corrected chi connectivity index (χ3v) is 19.6. The molecule has 5 aliphatic rings. The van der Waals surface area contributed by atoms with Gasteiger partial charge in [-0.15, -0.1) is 0 Å². The lowest BCUT2D eigenvalue weighted by atomic mass is 9.78. The van der Waals surface area contributed by atoms with Crippen LogP contribution in [0.5, 0.6) is 0 Å². The molecule has 1 saturated carbocycles. The summed E-state index contributed by atoms with van der Waals surface area (Å²) in [7, 11) is 3.06. The van der Waals surface area contributed by atoms with Crippen LogP contribution in [-0.2, 0) is 63.3 Å². The fourth-order valence-electron chi connectivity index (χ4n) is 12.8. The van der Waals surface area contributed by atoms with Crippen LogP contribution in [0.1, 0.15) is 234 Å². The molecule has 0 radical (unpaired) electrons. The number of amides is 4. The molecule has 28 heteroatoms. The Labute approximate surface area is 585 Å². The van der Waals surface area contributed by atoms with Crippen molar-refractivity contribution in [3.63, 3.8) is 0 Å². The number of likely N-dealkylation sites (N-methyl/N-ethyl adjacent to an activating group) is 2. The van der Waals surface area contributed by atoms with Gasteiger partial charge < -0.3 is 77.7 Å². The van der Waals surface area contributed by atoms with E-state index in [-0.39, 0.29) is 53.2 Å². The van der Waals surface area contributed by atoms with Gasteiger partial charge in [-0.2, -0.15) is 0 Å². The molecule has 0 spiro atoms.